The summed E-state index contributed by atoms with van der Waals surface area (Å²) in [7, 11) is 0. The summed E-state index contributed by atoms with van der Waals surface area (Å²) in [6.45, 7) is 7.94. The van der Waals surface area contributed by atoms with Crippen LogP contribution in [0.5, 0.6) is 0 Å². The van der Waals surface area contributed by atoms with Crippen molar-refractivity contribution in [1.29, 1.82) is 0 Å². The molecule has 0 aliphatic heterocycles. The van der Waals surface area contributed by atoms with Crippen molar-refractivity contribution in [2.45, 2.75) is 40.2 Å². The van der Waals surface area contributed by atoms with Crippen LogP contribution in [0, 0.1) is 11.3 Å². The lowest BCUT2D eigenvalue weighted by Crippen LogP contribution is -2.51. The van der Waals surface area contributed by atoms with E-state index in [-0.39, 0.29) is 23.9 Å². The van der Waals surface area contributed by atoms with Gasteiger partial charge in [0.25, 0.3) is 0 Å². The van der Waals surface area contributed by atoms with E-state index in [1.807, 2.05) is 27.7 Å². The first-order valence-corrected chi connectivity index (χ1v) is 5.64. The molecule has 0 aliphatic rings. The highest BCUT2D eigenvalue weighted by Gasteiger charge is 2.32. The third-order valence-electron chi connectivity index (χ3n) is 2.72. The molecule has 2 amide bonds. The zero-order valence-electron chi connectivity index (χ0n) is 10.8. The monoisotopic (exact) mass is 246 g/mol. The van der Waals surface area contributed by atoms with Gasteiger partial charge in [-0.25, -0.2) is 9.59 Å². The van der Waals surface area contributed by atoms with Gasteiger partial charge in [-0.15, -0.1) is 0 Å². The van der Waals surface area contributed by atoms with Gasteiger partial charge in [-0.05, 0) is 17.8 Å². The molecule has 0 saturated heterocycles. The lowest BCUT2D eigenvalue weighted by molar-refractivity contribution is 0.147. The van der Waals surface area contributed by atoms with Gasteiger partial charge in [-0.3, -0.25) is 0 Å². The Bertz CT molecular complexity index is 273. The summed E-state index contributed by atoms with van der Waals surface area (Å²) in [6.07, 6.45) is -1.48. The predicted molar refractivity (Wildman–Crippen MR) is 64.2 cm³/mol. The standard InChI is InChI=1S/C11H22N2O4/c1-5-7(6-12-9(14)15)8(11(2,3)4)13-10(16)17/h7-8,12-13H,5-6H2,1-4H3,(H,14,15)(H,16,17). The van der Waals surface area contributed by atoms with Crippen molar-refractivity contribution in [2.24, 2.45) is 11.3 Å². The van der Waals surface area contributed by atoms with Crippen LogP contribution in [0.3, 0.4) is 0 Å². The van der Waals surface area contributed by atoms with E-state index in [4.69, 9.17) is 10.2 Å². The molecule has 100 valence electrons. The van der Waals surface area contributed by atoms with Gasteiger partial charge in [-0.1, -0.05) is 27.7 Å². The van der Waals surface area contributed by atoms with Crippen LogP contribution in [0.15, 0.2) is 0 Å². The topological polar surface area (TPSA) is 98.7 Å². The van der Waals surface area contributed by atoms with Gasteiger partial charge in [0.15, 0.2) is 0 Å². The fourth-order valence-electron chi connectivity index (χ4n) is 1.89. The third-order valence-corrected chi connectivity index (χ3v) is 2.72. The van der Waals surface area contributed by atoms with E-state index in [2.05, 4.69) is 10.6 Å². The minimum atomic E-state index is -1.09. The van der Waals surface area contributed by atoms with E-state index in [9.17, 15) is 9.59 Å². The second kappa shape index (κ2) is 6.32. The van der Waals surface area contributed by atoms with Crippen LogP contribution in [0.1, 0.15) is 34.1 Å². The number of hydrogen-bond acceptors (Lipinski definition) is 2. The summed E-state index contributed by atoms with van der Waals surface area (Å²) in [5, 5.41) is 22.2. The first-order chi connectivity index (χ1) is 7.68. The lowest BCUT2D eigenvalue weighted by Gasteiger charge is -2.36. The Morgan fingerprint density at radius 2 is 1.71 bits per heavy atom. The van der Waals surface area contributed by atoms with E-state index in [1.165, 1.54) is 0 Å². The molecule has 0 aliphatic carbocycles. The highest BCUT2D eigenvalue weighted by molar-refractivity contribution is 5.65. The Morgan fingerprint density at radius 3 is 2.00 bits per heavy atom. The molecule has 0 fully saturated rings. The molecule has 6 nitrogen and oxygen atoms in total. The van der Waals surface area contributed by atoms with Gasteiger partial charge in [-0.2, -0.15) is 0 Å². The quantitative estimate of drug-likeness (QED) is 0.596. The molecule has 4 N–H and O–H groups in total. The van der Waals surface area contributed by atoms with Crippen LogP contribution in [0.25, 0.3) is 0 Å². The maximum atomic E-state index is 10.8. The van der Waals surface area contributed by atoms with Crippen LogP contribution >= 0.6 is 0 Å². The summed E-state index contributed by atoms with van der Waals surface area (Å²) >= 11 is 0. The van der Waals surface area contributed by atoms with Gasteiger partial charge in [0, 0.05) is 12.6 Å². The molecule has 0 saturated carbocycles. The first-order valence-electron chi connectivity index (χ1n) is 5.64. The van der Waals surface area contributed by atoms with Crippen molar-refractivity contribution < 1.29 is 19.8 Å². The fraction of sp³-hybridized carbons (Fsp3) is 0.818. The Hall–Kier alpha value is -1.46. The minimum absolute atomic E-state index is 0.0674. The molecule has 0 rings (SSSR count). The van der Waals surface area contributed by atoms with Crippen LogP contribution < -0.4 is 10.6 Å². The zero-order valence-corrected chi connectivity index (χ0v) is 10.8. The average molecular weight is 246 g/mol. The van der Waals surface area contributed by atoms with Crippen molar-refractivity contribution in [3.05, 3.63) is 0 Å². The zero-order chi connectivity index (χ0) is 13.6. The molecular weight excluding hydrogens is 224 g/mol. The largest absolute Gasteiger partial charge is 0.465 e. The lowest BCUT2D eigenvalue weighted by atomic mass is 9.78. The highest BCUT2D eigenvalue weighted by Crippen LogP contribution is 2.27. The summed E-state index contributed by atoms with van der Waals surface area (Å²) < 4.78 is 0. The van der Waals surface area contributed by atoms with Crippen molar-refractivity contribution in [3.8, 4) is 0 Å². The molecule has 17 heavy (non-hydrogen) atoms. The second-order valence-corrected chi connectivity index (χ2v) is 5.15. The average Bonchev–Trinajstić information content (AvgIpc) is 2.14. The SMILES string of the molecule is CCC(CNC(=O)O)C(NC(=O)O)C(C)(C)C. The summed E-state index contributed by atoms with van der Waals surface area (Å²) in [4.78, 5) is 21.2. The van der Waals surface area contributed by atoms with Crippen LogP contribution in [-0.4, -0.2) is 35.0 Å². The molecule has 2 unspecified atom stereocenters. The van der Waals surface area contributed by atoms with Gasteiger partial charge in [0.2, 0.25) is 0 Å². The van der Waals surface area contributed by atoms with Crippen LogP contribution in [0.2, 0.25) is 0 Å². The Balaban J connectivity index is 4.72. The summed E-state index contributed by atoms with van der Waals surface area (Å²) in [5.41, 5.74) is -0.265. The second-order valence-electron chi connectivity index (χ2n) is 5.15. The van der Waals surface area contributed by atoms with Crippen molar-refractivity contribution in [3.63, 3.8) is 0 Å². The Labute approximate surface area is 101 Å². The molecule has 0 aromatic rings. The summed E-state index contributed by atoms with van der Waals surface area (Å²) in [5.74, 6) is -0.0674. The Kier molecular flexibility index (Phi) is 5.78. The normalized spacial score (nSPS) is 14.8. The van der Waals surface area contributed by atoms with E-state index in [0.29, 0.717) is 6.42 Å². The van der Waals surface area contributed by atoms with Crippen molar-refractivity contribution in [1.82, 2.24) is 10.6 Å². The van der Waals surface area contributed by atoms with Gasteiger partial charge in [0.05, 0.1) is 0 Å². The van der Waals surface area contributed by atoms with Crippen molar-refractivity contribution >= 4 is 12.2 Å². The molecule has 0 aromatic heterocycles. The fourth-order valence-corrected chi connectivity index (χ4v) is 1.89. The van der Waals surface area contributed by atoms with E-state index < -0.39 is 12.2 Å². The highest BCUT2D eigenvalue weighted by atomic mass is 16.4. The van der Waals surface area contributed by atoms with Gasteiger partial charge >= 0.3 is 12.2 Å². The van der Waals surface area contributed by atoms with E-state index in [0.717, 1.165) is 0 Å². The molecule has 0 radical (unpaired) electrons. The van der Waals surface area contributed by atoms with Gasteiger partial charge in [0.1, 0.15) is 0 Å². The molecule has 0 aromatic carbocycles. The molecular formula is C11H22N2O4. The molecule has 6 heteroatoms. The van der Waals surface area contributed by atoms with E-state index in [1.54, 1.807) is 0 Å². The number of rotatable bonds is 5. The van der Waals surface area contributed by atoms with Crippen LogP contribution in [-0.2, 0) is 0 Å². The number of amides is 2. The molecule has 2 atom stereocenters. The maximum absolute atomic E-state index is 10.8. The number of nitrogens with one attached hydrogen (secondary N) is 2. The number of carboxylic acid groups (broad SMARTS) is 2. The molecule has 0 spiro atoms. The first kappa shape index (κ1) is 15.5. The minimum Gasteiger partial charge on any atom is -0.465 e. The van der Waals surface area contributed by atoms with Crippen molar-refractivity contribution in [2.75, 3.05) is 6.54 Å². The number of carbonyl (C=O) groups is 2. The smallest absolute Gasteiger partial charge is 0.404 e. The van der Waals surface area contributed by atoms with E-state index >= 15 is 0 Å². The summed E-state index contributed by atoms with van der Waals surface area (Å²) in [6, 6.07) is -0.295. The third kappa shape index (κ3) is 5.99. The Morgan fingerprint density at radius 1 is 1.18 bits per heavy atom. The molecule has 0 heterocycles. The number of hydrogen-bond donors (Lipinski definition) is 4. The van der Waals surface area contributed by atoms with Gasteiger partial charge < -0.3 is 20.8 Å². The molecule has 0 bridgehead atoms. The maximum Gasteiger partial charge on any atom is 0.404 e. The predicted octanol–water partition coefficient (Wildman–Crippen LogP) is 1.96. The van der Waals surface area contributed by atoms with Crippen LogP contribution in [0.4, 0.5) is 9.59 Å².